The second-order valence-corrected chi connectivity index (χ2v) is 5.91. The van der Waals surface area contributed by atoms with E-state index in [0.717, 1.165) is 5.56 Å². The summed E-state index contributed by atoms with van der Waals surface area (Å²) in [6.45, 7) is 2.78. The van der Waals surface area contributed by atoms with Crippen molar-refractivity contribution in [2.45, 2.75) is 19.4 Å². The van der Waals surface area contributed by atoms with Gasteiger partial charge in [0.1, 0.15) is 5.82 Å². The molecule has 128 valence electrons. The van der Waals surface area contributed by atoms with E-state index in [1.54, 1.807) is 18.2 Å². The van der Waals surface area contributed by atoms with Gasteiger partial charge in [-0.25, -0.2) is 9.07 Å². The fourth-order valence-corrected chi connectivity index (χ4v) is 2.52. The van der Waals surface area contributed by atoms with Gasteiger partial charge >= 0.3 is 0 Å². The first kappa shape index (κ1) is 16.8. The molecule has 0 saturated heterocycles. The summed E-state index contributed by atoms with van der Waals surface area (Å²) in [7, 11) is 0. The number of halogens is 1. The maximum Gasteiger partial charge on any atom is 0.273 e. The Morgan fingerprint density at radius 3 is 2.64 bits per heavy atom. The van der Waals surface area contributed by atoms with Crippen molar-refractivity contribution in [2.75, 3.05) is 6.54 Å². The largest absolute Gasteiger partial charge is 0.350 e. The molecule has 6 heteroatoms. The van der Waals surface area contributed by atoms with Crippen molar-refractivity contribution in [3.63, 3.8) is 0 Å². The van der Waals surface area contributed by atoms with Crippen molar-refractivity contribution >= 4 is 5.91 Å². The lowest BCUT2D eigenvalue weighted by Crippen LogP contribution is -2.27. The van der Waals surface area contributed by atoms with E-state index >= 15 is 0 Å². The number of carbonyl (C=O) groups excluding carboxylic acids is 1. The summed E-state index contributed by atoms with van der Waals surface area (Å²) in [4.78, 5) is 12.2. The van der Waals surface area contributed by atoms with Gasteiger partial charge in [-0.3, -0.25) is 4.79 Å². The Morgan fingerprint density at radius 1 is 1.16 bits per heavy atom. The molecule has 5 nitrogen and oxygen atoms in total. The Morgan fingerprint density at radius 2 is 1.88 bits per heavy atom. The van der Waals surface area contributed by atoms with Gasteiger partial charge < -0.3 is 5.32 Å². The summed E-state index contributed by atoms with van der Waals surface area (Å²) in [6, 6.07) is 16.4. The van der Waals surface area contributed by atoms with Crippen LogP contribution in [0.3, 0.4) is 0 Å². The van der Waals surface area contributed by atoms with Gasteiger partial charge in [0.15, 0.2) is 5.69 Å². The molecule has 0 unspecified atom stereocenters. The van der Waals surface area contributed by atoms with Crippen LogP contribution in [0, 0.1) is 5.82 Å². The minimum absolute atomic E-state index is 0.193. The molecule has 25 heavy (non-hydrogen) atoms. The maximum atomic E-state index is 13.7. The van der Waals surface area contributed by atoms with E-state index < -0.39 is 0 Å². The van der Waals surface area contributed by atoms with Crippen LogP contribution in [0.5, 0.6) is 0 Å². The van der Waals surface area contributed by atoms with Crippen molar-refractivity contribution in [1.82, 2.24) is 20.3 Å². The fraction of sp³-hybridized carbons (Fsp3) is 0.211. The molecule has 0 bridgehead atoms. The standard InChI is InChI=1S/C19H19FN4O/c1-14(15-7-3-2-4-8-15)11-21-19(25)18-13-24(23-22-18)12-16-9-5-6-10-17(16)20/h2-10,13-14H,11-12H2,1H3,(H,21,25)/t14-/m0/s1. The molecule has 0 radical (unpaired) electrons. The lowest BCUT2D eigenvalue weighted by Gasteiger charge is -2.12. The molecule has 1 heterocycles. The summed E-state index contributed by atoms with van der Waals surface area (Å²) in [5, 5.41) is 10.6. The Bertz CT molecular complexity index is 847. The molecule has 1 atom stereocenters. The van der Waals surface area contributed by atoms with Crippen LogP contribution in [0.25, 0.3) is 0 Å². The molecule has 1 amide bonds. The molecule has 0 aliphatic heterocycles. The van der Waals surface area contributed by atoms with E-state index in [-0.39, 0.29) is 29.9 Å². The number of hydrogen-bond acceptors (Lipinski definition) is 3. The monoisotopic (exact) mass is 338 g/mol. The minimum atomic E-state index is -0.305. The van der Waals surface area contributed by atoms with E-state index in [2.05, 4.69) is 15.6 Å². The van der Waals surface area contributed by atoms with Gasteiger partial charge in [0.25, 0.3) is 5.91 Å². The topological polar surface area (TPSA) is 59.8 Å². The molecular weight excluding hydrogens is 319 g/mol. The summed E-state index contributed by atoms with van der Waals surface area (Å²) < 4.78 is 15.1. The Kier molecular flexibility index (Phi) is 5.18. The van der Waals surface area contributed by atoms with E-state index in [4.69, 9.17) is 0 Å². The Labute approximate surface area is 145 Å². The number of nitrogens with one attached hydrogen (secondary N) is 1. The van der Waals surface area contributed by atoms with Gasteiger partial charge in [-0.05, 0) is 17.5 Å². The third kappa shape index (κ3) is 4.29. The van der Waals surface area contributed by atoms with Crippen LogP contribution < -0.4 is 5.32 Å². The van der Waals surface area contributed by atoms with Crippen molar-refractivity contribution in [3.05, 3.63) is 83.4 Å². The van der Waals surface area contributed by atoms with Crippen LogP contribution >= 0.6 is 0 Å². The second kappa shape index (κ2) is 7.70. The van der Waals surface area contributed by atoms with Crippen molar-refractivity contribution in [3.8, 4) is 0 Å². The third-order valence-corrected chi connectivity index (χ3v) is 4.00. The fourth-order valence-electron chi connectivity index (χ4n) is 2.52. The maximum absolute atomic E-state index is 13.7. The zero-order valence-corrected chi connectivity index (χ0v) is 13.9. The van der Waals surface area contributed by atoms with E-state index in [1.807, 2.05) is 37.3 Å². The minimum Gasteiger partial charge on any atom is -0.350 e. The molecule has 2 aromatic carbocycles. The summed E-state index contributed by atoms with van der Waals surface area (Å²) in [5.41, 5.74) is 1.87. The van der Waals surface area contributed by atoms with Gasteiger partial charge in [0.2, 0.25) is 0 Å². The molecule has 0 aliphatic rings. The average Bonchev–Trinajstić information content (AvgIpc) is 3.11. The lowest BCUT2D eigenvalue weighted by atomic mass is 10.0. The quantitative estimate of drug-likeness (QED) is 0.752. The first-order valence-electron chi connectivity index (χ1n) is 8.10. The highest BCUT2D eigenvalue weighted by molar-refractivity contribution is 5.91. The summed E-state index contributed by atoms with van der Waals surface area (Å²) in [6.07, 6.45) is 1.52. The predicted molar refractivity (Wildman–Crippen MR) is 92.7 cm³/mol. The smallest absolute Gasteiger partial charge is 0.273 e. The molecule has 3 aromatic rings. The SMILES string of the molecule is C[C@@H](CNC(=O)c1cn(Cc2ccccc2F)nn1)c1ccccc1. The zero-order chi connectivity index (χ0) is 17.6. The Balaban J connectivity index is 1.58. The van der Waals surface area contributed by atoms with Gasteiger partial charge in [0, 0.05) is 12.1 Å². The van der Waals surface area contributed by atoms with Crippen LogP contribution in [0.1, 0.15) is 34.5 Å². The zero-order valence-electron chi connectivity index (χ0n) is 13.9. The Hall–Kier alpha value is -3.02. The first-order valence-corrected chi connectivity index (χ1v) is 8.10. The molecule has 3 rings (SSSR count). The van der Waals surface area contributed by atoms with E-state index in [1.165, 1.54) is 16.9 Å². The highest BCUT2D eigenvalue weighted by Crippen LogP contribution is 2.13. The lowest BCUT2D eigenvalue weighted by molar-refractivity contribution is 0.0946. The highest BCUT2D eigenvalue weighted by Gasteiger charge is 2.13. The number of nitrogens with zero attached hydrogens (tertiary/aromatic N) is 3. The molecule has 1 N–H and O–H groups in total. The van der Waals surface area contributed by atoms with Gasteiger partial charge in [0.05, 0.1) is 12.7 Å². The number of amides is 1. The van der Waals surface area contributed by atoms with Crippen LogP contribution in [0.2, 0.25) is 0 Å². The van der Waals surface area contributed by atoms with Crippen LogP contribution in [0.4, 0.5) is 4.39 Å². The first-order chi connectivity index (χ1) is 12.1. The van der Waals surface area contributed by atoms with Gasteiger partial charge in [-0.1, -0.05) is 60.7 Å². The molecule has 0 spiro atoms. The highest BCUT2D eigenvalue weighted by atomic mass is 19.1. The van der Waals surface area contributed by atoms with Crippen molar-refractivity contribution < 1.29 is 9.18 Å². The molecule has 0 fully saturated rings. The van der Waals surface area contributed by atoms with E-state index in [0.29, 0.717) is 12.1 Å². The number of aromatic nitrogens is 3. The number of hydrogen-bond donors (Lipinski definition) is 1. The number of carbonyl (C=O) groups is 1. The van der Waals surface area contributed by atoms with Gasteiger partial charge in [-0.15, -0.1) is 5.10 Å². The predicted octanol–water partition coefficient (Wildman–Crippen LogP) is 3.00. The third-order valence-electron chi connectivity index (χ3n) is 4.00. The van der Waals surface area contributed by atoms with Crippen molar-refractivity contribution in [2.24, 2.45) is 0 Å². The molecule has 0 saturated carbocycles. The molecule has 1 aromatic heterocycles. The average molecular weight is 338 g/mol. The number of benzene rings is 2. The molecular formula is C19H19FN4O. The normalized spacial score (nSPS) is 11.9. The number of rotatable bonds is 6. The van der Waals surface area contributed by atoms with E-state index in [9.17, 15) is 9.18 Å². The summed E-state index contributed by atoms with van der Waals surface area (Å²) in [5.74, 6) is -0.401. The summed E-state index contributed by atoms with van der Waals surface area (Å²) >= 11 is 0. The van der Waals surface area contributed by atoms with Gasteiger partial charge in [-0.2, -0.15) is 0 Å². The van der Waals surface area contributed by atoms with Crippen LogP contribution in [-0.4, -0.2) is 27.4 Å². The second-order valence-electron chi connectivity index (χ2n) is 5.91. The molecule has 0 aliphatic carbocycles. The van der Waals surface area contributed by atoms with Crippen LogP contribution in [-0.2, 0) is 6.54 Å². The van der Waals surface area contributed by atoms with Crippen LogP contribution in [0.15, 0.2) is 60.8 Å². The van der Waals surface area contributed by atoms with Crippen molar-refractivity contribution in [1.29, 1.82) is 0 Å².